The van der Waals surface area contributed by atoms with Gasteiger partial charge in [-0.15, -0.1) is 0 Å². The van der Waals surface area contributed by atoms with Gasteiger partial charge in [-0.05, 0) is 0 Å². The number of nitrogens with two attached hydrogens (primary N) is 1. The molecule has 1 aliphatic rings. The van der Waals surface area contributed by atoms with Crippen LogP contribution in [0.15, 0.2) is 4.99 Å². The maximum atomic E-state index is 10.4. The molecule has 0 bridgehead atoms. The highest BCUT2D eigenvalue weighted by molar-refractivity contribution is 8.04. The third kappa shape index (κ3) is 1.31. The van der Waals surface area contributed by atoms with E-state index in [-0.39, 0.29) is 6.61 Å². The number of hydrogen-bond acceptors (Lipinski definition) is 4. The van der Waals surface area contributed by atoms with Gasteiger partial charge in [0.2, 0.25) is 0 Å². The molecule has 0 radical (unpaired) electrons. The minimum Gasteiger partial charge on any atom is -0.441 e. The molecule has 7 heteroatoms. The van der Waals surface area contributed by atoms with Crippen molar-refractivity contribution in [2.24, 2.45) is 10.1 Å². The van der Waals surface area contributed by atoms with Crippen LogP contribution in [0.2, 0.25) is 0 Å². The maximum Gasteiger partial charge on any atom is 0.435 e. The Hall–Kier alpha value is -0.950. The molecule has 0 aliphatic carbocycles. The second-order valence-electron chi connectivity index (χ2n) is 1.61. The van der Waals surface area contributed by atoms with Gasteiger partial charge in [-0.1, -0.05) is 0 Å². The van der Waals surface area contributed by atoms with Crippen LogP contribution in [0.25, 0.3) is 0 Å². The summed E-state index contributed by atoms with van der Waals surface area (Å²) in [4.78, 5) is 13.2. The van der Waals surface area contributed by atoms with Crippen molar-refractivity contribution in [2.75, 3.05) is 6.61 Å². The highest BCUT2D eigenvalue weighted by atomic mass is 32.2. The van der Waals surface area contributed by atoms with E-state index >= 15 is 0 Å². The van der Waals surface area contributed by atoms with Crippen LogP contribution in [0.4, 0.5) is 4.79 Å². The standard InChI is InChI=1S/C3H4N2O4S/c4-10(7,8)2-1-9-3(6)5-2/h1H2,(H2,4,7,8). The first kappa shape index (κ1) is 7.16. The molecule has 0 atom stereocenters. The molecule has 0 aromatic rings. The number of sulfonamides is 1. The zero-order valence-corrected chi connectivity index (χ0v) is 5.59. The van der Waals surface area contributed by atoms with Crippen molar-refractivity contribution >= 4 is 21.2 Å². The van der Waals surface area contributed by atoms with Gasteiger partial charge in [0.1, 0.15) is 6.61 Å². The van der Waals surface area contributed by atoms with E-state index in [0.29, 0.717) is 0 Å². The molecule has 0 fully saturated rings. The highest BCUT2D eigenvalue weighted by Gasteiger charge is 2.23. The lowest BCUT2D eigenvalue weighted by Gasteiger charge is -1.89. The van der Waals surface area contributed by atoms with E-state index in [1.165, 1.54) is 0 Å². The minimum absolute atomic E-state index is 0.350. The Balaban J connectivity index is 2.98. The molecular weight excluding hydrogens is 160 g/mol. The Morgan fingerprint density at radius 1 is 1.60 bits per heavy atom. The van der Waals surface area contributed by atoms with E-state index in [1.54, 1.807) is 0 Å². The fraction of sp³-hybridized carbons (Fsp3) is 0.333. The third-order valence-electron chi connectivity index (χ3n) is 0.864. The topological polar surface area (TPSA) is 98.8 Å². The van der Waals surface area contributed by atoms with Crippen LogP contribution >= 0.6 is 0 Å². The molecule has 0 saturated heterocycles. The number of carbonyl (C=O) groups excluding carboxylic acids is 1. The van der Waals surface area contributed by atoms with Crippen molar-refractivity contribution in [3.05, 3.63) is 0 Å². The van der Waals surface area contributed by atoms with Crippen LogP contribution in [0.3, 0.4) is 0 Å². The molecule has 1 amide bonds. The van der Waals surface area contributed by atoms with E-state index in [1.807, 2.05) is 0 Å². The lowest BCUT2D eigenvalue weighted by Crippen LogP contribution is -2.24. The zero-order valence-electron chi connectivity index (χ0n) is 4.77. The number of ether oxygens (including phenoxy) is 1. The van der Waals surface area contributed by atoms with Gasteiger partial charge in [0.15, 0.2) is 5.04 Å². The second kappa shape index (κ2) is 2.03. The predicted octanol–water partition coefficient (Wildman–Crippen LogP) is -1.18. The van der Waals surface area contributed by atoms with Gasteiger partial charge in [0.25, 0.3) is 10.0 Å². The summed E-state index contributed by atoms with van der Waals surface area (Å²) in [6, 6.07) is 0. The van der Waals surface area contributed by atoms with Crippen LogP contribution in [0.1, 0.15) is 0 Å². The number of nitrogens with zero attached hydrogens (tertiary/aromatic N) is 1. The third-order valence-corrected chi connectivity index (χ3v) is 1.73. The molecular formula is C3H4N2O4S. The van der Waals surface area contributed by atoms with Crippen molar-refractivity contribution in [1.82, 2.24) is 0 Å². The molecule has 1 rings (SSSR count). The summed E-state index contributed by atoms with van der Waals surface area (Å²) < 4.78 is 25.0. The largest absolute Gasteiger partial charge is 0.441 e. The van der Waals surface area contributed by atoms with Crippen molar-refractivity contribution in [3.63, 3.8) is 0 Å². The molecule has 1 aliphatic heterocycles. The smallest absolute Gasteiger partial charge is 0.435 e. The number of cyclic esters (lactones) is 1. The Kier molecular flexibility index (Phi) is 1.45. The van der Waals surface area contributed by atoms with Crippen LogP contribution in [-0.2, 0) is 14.8 Å². The number of aliphatic imine (C=N–C) groups is 1. The molecule has 0 aromatic carbocycles. The summed E-state index contributed by atoms with van der Waals surface area (Å²) in [5.74, 6) is 0. The van der Waals surface area contributed by atoms with Gasteiger partial charge in [-0.3, -0.25) is 0 Å². The van der Waals surface area contributed by atoms with Crippen molar-refractivity contribution < 1.29 is 17.9 Å². The molecule has 56 valence electrons. The summed E-state index contributed by atoms with van der Waals surface area (Å²) in [7, 11) is -3.83. The molecule has 10 heavy (non-hydrogen) atoms. The molecule has 1 heterocycles. The average Bonchev–Trinajstić information content (AvgIpc) is 2.11. The highest BCUT2D eigenvalue weighted by Crippen LogP contribution is 2.00. The normalized spacial score (nSPS) is 18.5. The van der Waals surface area contributed by atoms with Gasteiger partial charge >= 0.3 is 6.09 Å². The molecule has 0 unspecified atom stereocenters. The zero-order chi connectivity index (χ0) is 7.78. The Morgan fingerprint density at radius 2 is 2.20 bits per heavy atom. The van der Waals surface area contributed by atoms with Crippen LogP contribution < -0.4 is 5.14 Å². The van der Waals surface area contributed by atoms with E-state index in [9.17, 15) is 13.2 Å². The lowest BCUT2D eigenvalue weighted by atomic mass is 10.8. The van der Waals surface area contributed by atoms with Gasteiger partial charge in [0, 0.05) is 0 Å². The molecule has 6 nitrogen and oxygen atoms in total. The van der Waals surface area contributed by atoms with Crippen molar-refractivity contribution in [1.29, 1.82) is 0 Å². The first-order valence-electron chi connectivity index (χ1n) is 2.27. The monoisotopic (exact) mass is 164 g/mol. The van der Waals surface area contributed by atoms with Crippen LogP contribution in [-0.4, -0.2) is 26.2 Å². The van der Waals surface area contributed by atoms with Gasteiger partial charge in [-0.25, -0.2) is 18.4 Å². The van der Waals surface area contributed by atoms with E-state index in [4.69, 9.17) is 0 Å². The Labute approximate surface area is 56.7 Å². The molecule has 0 saturated carbocycles. The van der Waals surface area contributed by atoms with E-state index in [2.05, 4.69) is 14.9 Å². The first-order chi connectivity index (χ1) is 4.50. The number of amides is 1. The predicted molar refractivity (Wildman–Crippen MR) is 31.9 cm³/mol. The van der Waals surface area contributed by atoms with Gasteiger partial charge in [0.05, 0.1) is 0 Å². The fourth-order valence-corrected chi connectivity index (χ4v) is 0.861. The molecule has 0 spiro atoms. The second-order valence-corrected chi connectivity index (χ2v) is 3.17. The quantitative estimate of drug-likeness (QED) is 0.487. The van der Waals surface area contributed by atoms with Gasteiger partial charge < -0.3 is 4.74 Å². The SMILES string of the molecule is NS(=O)(=O)C1=NC(=O)OC1. The average molecular weight is 164 g/mol. The Bertz CT molecular complexity index is 290. The van der Waals surface area contributed by atoms with Gasteiger partial charge in [-0.2, -0.15) is 4.99 Å². The minimum atomic E-state index is -3.83. The van der Waals surface area contributed by atoms with Crippen molar-refractivity contribution in [2.45, 2.75) is 0 Å². The van der Waals surface area contributed by atoms with Crippen molar-refractivity contribution in [3.8, 4) is 0 Å². The number of rotatable bonds is 0. The maximum absolute atomic E-state index is 10.4. The number of primary sulfonamides is 1. The number of hydrogen-bond donors (Lipinski definition) is 1. The first-order valence-corrected chi connectivity index (χ1v) is 3.82. The van der Waals surface area contributed by atoms with E-state index < -0.39 is 21.2 Å². The summed E-state index contributed by atoms with van der Waals surface area (Å²) in [6.07, 6.45) is -0.913. The molecule has 2 N–H and O–H groups in total. The molecule has 0 aromatic heterocycles. The number of carbonyl (C=O) groups is 1. The fourth-order valence-electron chi connectivity index (χ4n) is 0.436. The Morgan fingerprint density at radius 3 is 2.40 bits per heavy atom. The summed E-state index contributed by atoms with van der Waals surface area (Å²) in [5.41, 5.74) is 0. The summed E-state index contributed by atoms with van der Waals surface area (Å²) in [6.45, 7) is -0.350. The van der Waals surface area contributed by atoms with E-state index in [0.717, 1.165) is 0 Å². The summed E-state index contributed by atoms with van der Waals surface area (Å²) in [5, 5.41) is 4.19. The van der Waals surface area contributed by atoms with Crippen LogP contribution in [0, 0.1) is 0 Å². The summed E-state index contributed by atoms with van der Waals surface area (Å²) >= 11 is 0. The van der Waals surface area contributed by atoms with Crippen LogP contribution in [0.5, 0.6) is 0 Å². The lowest BCUT2D eigenvalue weighted by molar-refractivity contribution is 0.181.